The van der Waals surface area contributed by atoms with Crippen LogP contribution in [0.25, 0.3) is 0 Å². The van der Waals surface area contributed by atoms with E-state index in [1.54, 1.807) is 12.1 Å². The summed E-state index contributed by atoms with van der Waals surface area (Å²) in [5.41, 5.74) is 2.47. The summed E-state index contributed by atoms with van der Waals surface area (Å²) in [5, 5.41) is 8.54. The lowest BCUT2D eigenvalue weighted by Gasteiger charge is -2.19. The van der Waals surface area contributed by atoms with E-state index in [1.807, 2.05) is 18.2 Å². The topological polar surface area (TPSA) is 71.5 Å². The van der Waals surface area contributed by atoms with Crippen molar-refractivity contribution in [1.29, 1.82) is 0 Å². The van der Waals surface area contributed by atoms with Crippen molar-refractivity contribution in [2.75, 3.05) is 0 Å². The second-order valence-corrected chi connectivity index (χ2v) is 5.91. The zero-order valence-corrected chi connectivity index (χ0v) is 14.2. The molecule has 2 atom stereocenters. The molecule has 1 heterocycles. The highest BCUT2D eigenvalue weighted by molar-refractivity contribution is 5.93. The molecule has 132 valence electrons. The van der Waals surface area contributed by atoms with Crippen molar-refractivity contribution in [2.24, 2.45) is 5.92 Å². The van der Waals surface area contributed by atoms with E-state index in [2.05, 4.69) is 25.4 Å². The summed E-state index contributed by atoms with van der Waals surface area (Å²) in [6, 6.07) is 8.32. The molecule has 0 bridgehead atoms. The number of nitrogens with zero attached hydrogens (tertiary/aromatic N) is 1. The lowest BCUT2D eigenvalue weighted by atomic mass is 9.87. The van der Waals surface area contributed by atoms with Gasteiger partial charge in [0, 0.05) is 6.20 Å². The van der Waals surface area contributed by atoms with E-state index in [-0.39, 0.29) is 11.4 Å². The van der Waals surface area contributed by atoms with Gasteiger partial charge >= 0.3 is 0 Å². The van der Waals surface area contributed by atoms with Crippen LogP contribution in [0.4, 0.5) is 4.39 Å². The SMILES string of the molecule is C=CCC(C)C(C)c1ccc(Oc2ncc(C(=O)NO)cc2F)cc1. The monoisotopic (exact) mass is 344 g/mol. The Hall–Kier alpha value is -2.73. The number of hydroxylamine groups is 1. The summed E-state index contributed by atoms with van der Waals surface area (Å²) in [6.07, 6.45) is 3.97. The number of rotatable bonds is 7. The number of hydrogen-bond donors (Lipinski definition) is 2. The standard InChI is InChI=1S/C19H21FN2O3/c1-4-5-12(2)13(3)14-6-8-16(9-7-14)25-19-17(20)10-15(11-21-19)18(23)22-24/h4,6-13,24H,1,5H2,2-3H3,(H,22,23). The Balaban J connectivity index is 2.11. The van der Waals surface area contributed by atoms with E-state index < -0.39 is 11.7 Å². The highest BCUT2D eigenvalue weighted by Crippen LogP contribution is 2.29. The molecule has 6 heteroatoms. The van der Waals surface area contributed by atoms with Crippen molar-refractivity contribution >= 4 is 5.91 Å². The number of nitrogens with one attached hydrogen (secondary N) is 1. The average Bonchev–Trinajstić information content (AvgIpc) is 2.63. The fourth-order valence-corrected chi connectivity index (χ4v) is 2.44. The van der Waals surface area contributed by atoms with Gasteiger partial charge in [-0.15, -0.1) is 6.58 Å². The van der Waals surface area contributed by atoms with E-state index in [0.29, 0.717) is 17.6 Å². The van der Waals surface area contributed by atoms with E-state index >= 15 is 0 Å². The third-order valence-corrected chi connectivity index (χ3v) is 4.18. The Labute approximate surface area is 146 Å². The summed E-state index contributed by atoms with van der Waals surface area (Å²) < 4.78 is 19.4. The number of aromatic nitrogens is 1. The molecule has 0 saturated heterocycles. The van der Waals surface area contributed by atoms with Crippen molar-refractivity contribution in [3.8, 4) is 11.6 Å². The largest absolute Gasteiger partial charge is 0.436 e. The van der Waals surface area contributed by atoms with Crippen molar-refractivity contribution < 1.29 is 19.1 Å². The quantitative estimate of drug-likeness (QED) is 0.442. The molecular weight excluding hydrogens is 323 g/mol. The van der Waals surface area contributed by atoms with Gasteiger partial charge in [0.25, 0.3) is 11.8 Å². The number of halogens is 1. The lowest BCUT2D eigenvalue weighted by molar-refractivity contribution is 0.0705. The molecule has 1 amide bonds. The van der Waals surface area contributed by atoms with Crippen LogP contribution >= 0.6 is 0 Å². The minimum Gasteiger partial charge on any atom is -0.436 e. The molecular formula is C19H21FN2O3. The Bertz CT molecular complexity index is 747. The van der Waals surface area contributed by atoms with Gasteiger partial charge in [0.1, 0.15) is 5.75 Å². The van der Waals surface area contributed by atoms with E-state index in [0.717, 1.165) is 24.2 Å². The first-order valence-corrected chi connectivity index (χ1v) is 7.95. The molecule has 0 aliphatic heterocycles. The normalized spacial score (nSPS) is 13.0. The van der Waals surface area contributed by atoms with Crippen molar-refractivity contribution in [2.45, 2.75) is 26.2 Å². The third-order valence-electron chi connectivity index (χ3n) is 4.18. The molecule has 1 aromatic heterocycles. The van der Waals surface area contributed by atoms with Gasteiger partial charge in [-0.2, -0.15) is 0 Å². The van der Waals surface area contributed by atoms with Gasteiger partial charge in [0.05, 0.1) is 5.56 Å². The van der Waals surface area contributed by atoms with Crippen LogP contribution < -0.4 is 10.2 Å². The summed E-state index contributed by atoms with van der Waals surface area (Å²) >= 11 is 0. The van der Waals surface area contributed by atoms with E-state index in [1.165, 1.54) is 5.48 Å². The highest BCUT2D eigenvalue weighted by Gasteiger charge is 2.15. The molecule has 25 heavy (non-hydrogen) atoms. The fourth-order valence-electron chi connectivity index (χ4n) is 2.44. The molecule has 0 fully saturated rings. The number of benzene rings is 1. The number of pyridine rings is 1. The minimum atomic E-state index is -0.843. The maximum absolute atomic E-state index is 14.0. The second kappa shape index (κ2) is 8.39. The van der Waals surface area contributed by atoms with Crippen molar-refractivity contribution in [3.63, 3.8) is 0 Å². The number of hydrogen-bond acceptors (Lipinski definition) is 4. The Kier molecular flexibility index (Phi) is 6.25. The predicted molar refractivity (Wildman–Crippen MR) is 92.4 cm³/mol. The zero-order valence-electron chi connectivity index (χ0n) is 14.2. The number of allylic oxidation sites excluding steroid dienone is 1. The van der Waals surface area contributed by atoms with Crippen LogP contribution in [0.1, 0.15) is 42.1 Å². The molecule has 1 aromatic carbocycles. The Morgan fingerprint density at radius 2 is 2.08 bits per heavy atom. The van der Waals surface area contributed by atoms with Gasteiger partial charge in [-0.3, -0.25) is 10.0 Å². The maximum Gasteiger partial charge on any atom is 0.276 e. The molecule has 0 saturated carbocycles. The van der Waals surface area contributed by atoms with Crippen molar-refractivity contribution in [1.82, 2.24) is 10.5 Å². The van der Waals surface area contributed by atoms with Crippen LogP contribution in [-0.2, 0) is 0 Å². The van der Waals surface area contributed by atoms with E-state index in [9.17, 15) is 9.18 Å². The van der Waals surface area contributed by atoms with Gasteiger partial charge in [0.15, 0.2) is 5.82 Å². The first kappa shape index (κ1) is 18.6. The van der Waals surface area contributed by atoms with Crippen molar-refractivity contribution in [3.05, 3.63) is 66.1 Å². The summed E-state index contributed by atoms with van der Waals surface area (Å²) in [7, 11) is 0. The average molecular weight is 344 g/mol. The Morgan fingerprint density at radius 3 is 2.64 bits per heavy atom. The second-order valence-electron chi connectivity index (χ2n) is 5.91. The van der Waals surface area contributed by atoms with Crippen LogP contribution in [0.2, 0.25) is 0 Å². The van der Waals surface area contributed by atoms with Crippen LogP contribution in [0.5, 0.6) is 11.6 Å². The van der Waals surface area contributed by atoms with Crippen LogP contribution in [0.15, 0.2) is 49.2 Å². The maximum atomic E-state index is 14.0. The van der Waals surface area contributed by atoms with Gasteiger partial charge in [0.2, 0.25) is 0 Å². The zero-order chi connectivity index (χ0) is 18.4. The molecule has 5 nitrogen and oxygen atoms in total. The lowest BCUT2D eigenvalue weighted by Crippen LogP contribution is -2.19. The number of amides is 1. The molecule has 0 spiro atoms. The first-order chi connectivity index (χ1) is 12.0. The summed E-state index contributed by atoms with van der Waals surface area (Å²) in [4.78, 5) is 15.0. The van der Waals surface area contributed by atoms with Gasteiger partial charge in [-0.25, -0.2) is 14.9 Å². The first-order valence-electron chi connectivity index (χ1n) is 7.95. The van der Waals surface area contributed by atoms with Gasteiger partial charge < -0.3 is 4.74 Å². The van der Waals surface area contributed by atoms with Gasteiger partial charge in [-0.1, -0.05) is 32.1 Å². The molecule has 0 aliphatic carbocycles. The number of carbonyl (C=O) groups is 1. The molecule has 0 aliphatic rings. The fraction of sp³-hybridized carbons (Fsp3) is 0.263. The smallest absolute Gasteiger partial charge is 0.276 e. The van der Waals surface area contributed by atoms with Crippen LogP contribution in [-0.4, -0.2) is 16.1 Å². The van der Waals surface area contributed by atoms with E-state index in [4.69, 9.17) is 9.94 Å². The van der Waals surface area contributed by atoms with Gasteiger partial charge in [-0.05, 0) is 42.0 Å². The molecule has 2 rings (SSSR count). The Morgan fingerprint density at radius 1 is 1.40 bits per heavy atom. The van der Waals surface area contributed by atoms with Crippen LogP contribution in [0, 0.1) is 11.7 Å². The van der Waals surface area contributed by atoms with Crippen LogP contribution in [0.3, 0.4) is 0 Å². The predicted octanol–water partition coefficient (Wildman–Crippen LogP) is 4.45. The number of ether oxygens (including phenoxy) is 1. The molecule has 2 N–H and O–H groups in total. The molecule has 0 radical (unpaired) electrons. The summed E-state index contributed by atoms with van der Waals surface area (Å²) in [6.45, 7) is 8.08. The molecule has 2 unspecified atom stereocenters. The number of carbonyl (C=O) groups excluding carboxylic acids is 1. The minimum absolute atomic E-state index is 0.104. The third kappa shape index (κ3) is 4.64. The molecule has 2 aromatic rings. The highest BCUT2D eigenvalue weighted by atomic mass is 19.1. The summed E-state index contributed by atoms with van der Waals surface area (Å²) in [5.74, 6) is -0.608.